The Bertz CT molecular complexity index is 2090. The van der Waals surface area contributed by atoms with E-state index < -0.39 is 11.9 Å². The fraction of sp³-hybridized carbons (Fsp3) is 0.475. The Balaban J connectivity index is 0.756. The van der Waals surface area contributed by atoms with E-state index in [1.807, 2.05) is 36.4 Å². The highest BCUT2D eigenvalue weighted by Gasteiger charge is 2.37. The molecule has 0 aliphatic carbocycles. The van der Waals surface area contributed by atoms with Crippen LogP contribution in [0.4, 0.5) is 17.2 Å². The van der Waals surface area contributed by atoms with E-state index in [9.17, 15) is 19.5 Å². The predicted octanol–water partition coefficient (Wildman–Crippen LogP) is 3.44. The molecule has 3 N–H and O–H groups in total. The number of likely N-dealkylation sites (tertiary alicyclic amines) is 1. The van der Waals surface area contributed by atoms with Gasteiger partial charge in [-0.1, -0.05) is 12.1 Å². The number of piperidine rings is 3. The number of phenolic OH excluding ortho intramolecular Hbond substituents is 1. The van der Waals surface area contributed by atoms with Crippen LogP contribution in [-0.2, 0) is 9.59 Å². The molecule has 7 heterocycles. The van der Waals surface area contributed by atoms with Crippen LogP contribution in [0.2, 0.25) is 0 Å². The largest absolute Gasteiger partial charge is 0.507 e. The Morgan fingerprint density at radius 1 is 0.830 bits per heavy atom. The van der Waals surface area contributed by atoms with E-state index in [-0.39, 0.29) is 23.6 Å². The smallest absolute Gasteiger partial charge is 0.259 e. The van der Waals surface area contributed by atoms with Gasteiger partial charge in [-0.05, 0) is 99.0 Å². The highest BCUT2D eigenvalue weighted by atomic mass is 16.3. The number of nitrogens with zero attached hydrogens (tertiary/aromatic N) is 7. The number of hydrogen-bond donors (Lipinski definition) is 3. The predicted molar refractivity (Wildman–Crippen MR) is 204 cm³/mol. The average molecular weight is 718 g/mol. The molecule has 2 atom stereocenters. The summed E-state index contributed by atoms with van der Waals surface area (Å²) in [5.41, 5.74) is 3.41. The first kappa shape index (κ1) is 33.8. The number of anilines is 3. The molecule has 13 nitrogen and oxygen atoms in total. The van der Waals surface area contributed by atoms with Crippen molar-refractivity contribution >= 4 is 39.8 Å². The van der Waals surface area contributed by atoms with Crippen molar-refractivity contribution in [2.45, 2.75) is 56.7 Å². The Hall–Kier alpha value is -5.01. The summed E-state index contributed by atoms with van der Waals surface area (Å²) in [6.45, 7) is 9.36. The lowest BCUT2D eigenvalue weighted by atomic mass is 9.93. The van der Waals surface area contributed by atoms with Crippen LogP contribution in [0.3, 0.4) is 0 Å². The van der Waals surface area contributed by atoms with Crippen LogP contribution in [0.25, 0.3) is 22.0 Å². The molecule has 1 unspecified atom stereocenters. The second kappa shape index (κ2) is 14.1. The summed E-state index contributed by atoms with van der Waals surface area (Å²) in [6.07, 6.45) is 7.01. The third kappa shape index (κ3) is 6.61. The third-order valence-electron chi connectivity index (χ3n) is 12.3. The Kier molecular flexibility index (Phi) is 8.99. The highest BCUT2D eigenvalue weighted by Crippen LogP contribution is 2.37. The van der Waals surface area contributed by atoms with E-state index in [1.54, 1.807) is 12.3 Å². The van der Waals surface area contributed by atoms with Crippen LogP contribution in [-0.4, -0.2) is 112 Å². The van der Waals surface area contributed by atoms with Crippen molar-refractivity contribution in [3.63, 3.8) is 0 Å². The van der Waals surface area contributed by atoms with Gasteiger partial charge in [-0.2, -0.15) is 0 Å². The van der Waals surface area contributed by atoms with E-state index in [4.69, 9.17) is 0 Å². The van der Waals surface area contributed by atoms with Crippen LogP contribution in [0.1, 0.15) is 44.6 Å². The van der Waals surface area contributed by atoms with Gasteiger partial charge in [0.05, 0.1) is 17.4 Å². The molecule has 0 bridgehead atoms. The number of para-hydroxylation sites is 1. The fourth-order valence-corrected chi connectivity index (χ4v) is 9.31. The Labute approximate surface area is 308 Å². The molecule has 13 heteroatoms. The first-order valence-corrected chi connectivity index (χ1v) is 19.2. The lowest BCUT2D eigenvalue weighted by molar-refractivity contribution is -0.135. The molecule has 4 aromatic rings. The molecule has 0 saturated carbocycles. The van der Waals surface area contributed by atoms with Crippen molar-refractivity contribution in [2.24, 2.45) is 5.92 Å². The lowest BCUT2D eigenvalue weighted by Crippen LogP contribution is -2.61. The zero-order chi connectivity index (χ0) is 36.1. The van der Waals surface area contributed by atoms with Gasteiger partial charge in [0.15, 0.2) is 5.82 Å². The maximum absolute atomic E-state index is 13.3. The molecule has 5 aliphatic heterocycles. The van der Waals surface area contributed by atoms with Crippen molar-refractivity contribution in [1.29, 1.82) is 0 Å². The summed E-state index contributed by atoms with van der Waals surface area (Å²) >= 11 is 0. The summed E-state index contributed by atoms with van der Waals surface area (Å²) in [6, 6.07) is 17.6. The Morgan fingerprint density at radius 2 is 1.66 bits per heavy atom. The van der Waals surface area contributed by atoms with Crippen molar-refractivity contribution in [3.8, 4) is 17.0 Å². The molecule has 2 amide bonds. The number of phenols is 1. The molecule has 4 saturated heterocycles. The SMILES string of the molecule is O=C1CCC(n2ccc3cc(N4CCC(CN5CCC(N6CCN7c8cc(-c9ccccc9O)nnc8NC[C@H]7C6)CC5)CC4)ccc3c2=O)C(=O)N1. The molecular weight excluding hydrogens is 670 g/mol. The molecule has 53 heavy (non-hydrogen) atoms. The van der Waals surface area contributed by atoms with Crippen LogP contribution < -0.4 is 26.0 Å². The highest BCUT2D eigenvalue weighted by molar-refractivity contribution is 5.99. The van der Waals surface area contributed by atoms with Crippen molar-refractivity contribution in [2.75, 3.05) is 74.0 Å². The number of aromatic hydroxyl groups is 1. The third-order valence-corrected chi connectivity index (χ3v) is 12.3. The number of benzene rings is 2. The number of fused-ring (bicyclic) bond motifs is 4. The summed E-state index contributed by atoms with van der Waals surface area (Å²) in [7, 11) is 0. The van der Waals surface area contributed by atoms with E-state index >= 15 is 0 Å². The van der Waals surface area contributed by atoms with Gasteiger partial charge in [0.2, 0.25) is 11.8 Å². The quantitative estimate of drug-likeness (QED) is 0.253. The molecule has 276 valence electrons. The average Bonchev–Trinajstić information content (AvgIpc) is 3.18. The maximum Gasteiger partial charge on any atom is 0.259 e. The van der Waals surface area contributed by atoms with Gasteiger partial charge < -0.3 is 29.7 Å². The Morgan fingerprint density at radius 3 is 2.47 bits per heavy atom. The summed E-state index contributed by atoms with van der Waals surface area (Å²) in [4.78, 5) is 47.6. The second-order valence-corrected chi connectivity index (χ2v) is 15.4. The van der Waals surface area contributed by atoms with Crippen molar-refractivity contribution in [1.82, 2.24) is 29.9 Å². The minimum atomic E-state index is -0.651. The summed E-state index contributed by atoms with van der Waals surface area (Å²) in [5, 5.41) is 26.6. The van der Waals surface area contributed by atoms with Gasteiger partial charge in [0.1, 0.15) is 11.8 Å². The maximum atomic E-state index is 13.3. The lowest BCUT2D eigenvalue weighted by Gasteiger charge is -2.49. The molecular formula is C40H47N9O4. The van der Waals surface area contributed by atoms with E-state index in [0.29, 0.717) is 41.1 Å². The van der Waals surface area contributed by atoms with E-state index in [2.05, 4.69) is 52.6 Å². The molecule has 2 aromatic carbocycles. The molecule has 2 aromatic heterocycles. The van der Waals surface area contributed by atoms with Gasteiger partial charge in [0.25, 0.3) is 5.56 Å². The van der Waals surface area contributed by atoms with Crippen LogP contribution in [0.5, 0.6) is 5.75 Å². The van der Waals surface area contributed by atoms with Crippen LogP contribution in [0, 0.1) is 5.92 Å². The molecule has 0 spiro atoms. The zero-order valence-electron chi connectivity index (χ0n) is 30.0. The van der Waals surface area contributed by atoms with Gasteiger partial charge in [-0.25, -0.2) is 0 Å². The number of amides is 2. The topological polar surface area (TPSA) is 139 Å². The number of rotatable bonds is 6. The van der Waals surface area contributed by atoms with Gasteiger partial charge in [0, 0.05) is 81.1 Å². The zero-order valence-corrected chi connectivity index (χ0v) is 30.0. The van der Waals surface area contributed by atoms with Crippen molar-refractivity contribution < 1.29 is 14.7 Å². The number of carbonyl (C=O) groups excluding carboxylic acids is 2. The van der Waals surface area contributed by atoms with Gasteiger partial charge in [-0.3, -0.25) is 24.6 Å². The first-order chi connectivity index (χ1) is 25.9. The molecule has 4 fully saturated rings. The minimum Gasteiger partial charge on any atom is -0.507 e. The first-order valence-electron chi connectivity index (χ1n) is 19.2. The number of nitrogens with one attached hydrogen (secondary N) is 2. The number of piperazine rings is 1. The molecule has 0 radical (unpaired) electrons. The van der Waals surface area contributed by atoms with E-state index in [0.717, 1.165) is 94.3 Å². The van der Waals surface area contributed by atoms with Crippen molar-refractivity contribution in [3.05, 3.63) is 71.1 Å². The van der Waals surface area contributed by atoms with E-state index in [1.165, 1.54) is 17.4 Å². The number of imide groups is 1. The van der Waals surface area contributed by atoms with Gasteiger partial charge >= 0.3 is 0 Å². The normalized spacial score (nSPS) is 23.4. The standard InChI is InChI=1S/C40H47N9O4/c50-36-4-2-1-3-32(36)33-22-35-38(44-43-33)41-23-30-25-47(19-20-48(30)35)28-12-14-45(15-13-28)24-26-9-16-46(17-10-26)29-5-6-31-27(21-29)11-18-49(40(31)53)34-7-8-37(51)42-39(34)52/h1-6,11,18,21-22,26,28,30,34,50H,7-10,12-17,19-20,23-25H2,(H,41,44)(H,42,51,52)/t30-,34?/m0/s1. The fourth-order valence-electron chi connectivity index (χ4n) is 9.31. The number of aromatic nitrogens is 3. The number of carbonyl (C=O) groups is 2. The second-order valence-electron chi connectivity index (χ2n) is 15.4. The van der Waals surface area contributed by atoms with Crippen LogP contribution in [0.15, 0.2) is 65.6 Å². The number of hydrogen-bond acceptors (Lipinski definition) is 11. The minimum absolute atomic E-state index is 0.194. The van der Waals surface area contributed by atoms with Gasteiger partial charge in [-0.15, -0.1) is 10.2 Å². The molecule has 9 rings (SSSR count). The van der Waals surface area contributed by atoms with Crippen LogP contribution >= 0.6 is 0 Å². The number of pyridine rings is 1. The molecule has 5 aliphatic rings. The summed E-state index contributed by atoms with van der Waals surface area (Å²) in [5.74, 6) is 1.03. The summed E-state index contributed by atoms with van der Waals surface area (Å²) < 4.78 is 1.47. The monoisotopic (exact) mass is 717 g/mol.